The molecule has 19 heavy (non-hydrogen) atoms. The third-order valence-corrected chi connectivity index (χ3v) is 2.74. The monoisotopic (exact) mass is 261 g/mol. The smallest absolute Gasteiger partial charge is 0.274 e. The van der Waals surface area contributed by atoms with Gasteiger partial charge in [0.1, 0.15) is 5.82 Å². The van der Waals surface area contributed by atoms with Crippen LogP contribution >= 0.6 is 0 Å². The van der Waals surface area contributed by atoms with Crippen LogP contribution in [0.5, 0.6) is 0 Å². The van der Waals surface area contributed by atoms with Gasteiger partial charge in [-0.15, -0.1) is 0 Å². The summed E-state index contributed by atoms with van der Waals surface area (Å²) in [7, 11) is 1.87. The molecule has 100 valence electrons. The molecule has 2 rings (SSSR count). The summed E-state index contributed by atoms with van der Waals surface area (Å²) in [6.07, 6.45) is 4.20. The summed E-state index contributed by atoms with van der Waals surface area (Å²) in [4.78, 5) is 14.3. The average molecular weight is 261 g/mol. The van der Waals surface area contributed by atoms with Crippen LogP contribution in [0.3, 0.4) is 0 Å². The van der Waals surface area contributed by atoms with Crippen molar-refractivity contribution in [2.75, 3.05) is 5.32 Å². The fourth-order valence-corrected chi connectivity index (χ4v) is 1.84. The van der Waals surface area contributed by atoms with E-state index in [0.717, 1.165) is 17.7 Å². The first-order chi connectivity index (χ1) is 9.10. The van der Waals surface area contributed by atoms with Gasteiger partial charge in [-0.1, -0.05) is 6.92 Å². The molecule has 0 bridgehead atoms. The van der Waals surface area contributed by atoms with Crippen molar-refractivity contribution < 1.29 is 4.92 Å². The second-order valence-corrected chi connectivity index (χ2v) is 4.14. The molecule has 0 aliphatic carbocycles. The summed E-state index contributed by atoms with van der Waals surface area (Å²) in [6, 6.07) is 2.79. The minimum absolute atomic E-state index is 0.0272. The Morgan fingerprint density at radius 2 is 2.32 bits per heavy atom. The van der Waals surface area contributed by atoms with E-state index in [1.54, 1.807) is 4.68 Å². The molecule has 1 N–H and O–H groups in total. The molecule has 0 atom stereocenters. The molecule has 0 saturated carbocycles. The number of rotatable bonds is 5. The summed E-state index contributed by atoms with van der Waals surface area (Å²) >= 11 is 0. The van der Waals surface area contributed by atoms with Crippen LogP contribution in [-0.2, 0) is 20.0 Å². The lowest BCUT2D eigenvalue weighted by Crippen LogP contribution is -2.03. The van der Waals surface area contributed by atoms with Crippen molar-refractivity contribution in [2.24, 2.45) is 7.05 Å². The van der Waals surface area contributed by atoms with Crippen molar-refractivity contribution in [3.63, 3.8) is 0 Å². The highest BCUT2D eigenvalue weighted by molar-refractivity contribution is 5.44. The summed E-state index contributed by atoms with van der Waals surface area (Å²) in [6.45, 7) is 2.59. The van der Waals surface area contributed by atoms with Crippen molar-refractivity contribution in [1.29, 1.82) is 0 Å². The number of nitrogens with zero attached hydrogens (tertiary/aromatic N) is 4. The highest BCUT2D eigenvalue weighted by Crippen LogP contribution is 2.15. The number of hydrogen-bond donors (Lipinski definition) is 1. The normalized spacial score (nSPS) is 10.4. The second-order valence-electron chi connectivity index (χ2n) is 4.14. The van der Waals surface area contributed by atoms with E-state index in [2.05, 4.69) is 15.4 Å². The minimum atomic E-state index is -0.436. The zero-order valence-corrected chi connectivity index (χ0v) is 10.8. The fourth-order valence-electron chi connectivity index (χ4n) is 1.84. The van der Waals surface area contributed by atoms with Gasteiger partial charge in [0.05, 0.1) is 16.7 Å². The molecule has 0 amide bonds. The van der Waals surface area contributed by atoms with Crippen LogP contribution in [0.25, 0.3) is 0 Å². The van der Waals surface area contributed by atoms with Crippen LogP contribution in [0.1, 0.15) is 18.2 Å². The van der Waals surface area contributed by atoms with Crippen LogP contribution in [-0.4, -0.2) is 19.7 Å². The van der Waals surface area contributed by atoms with E-state index in [9.17, 15) is 10.1 Å². The third kappa shape index (κ3) is 3.06. The zero-order chi connectivity index (χ0) is 13.8. The average Bonchev–Trinajstić information content (AvgIpc) is 2.77. The number of anilines is 1. The molecule has 7 heteroatoms. The topological polar surface area (TPSA) is 85.9 Å². The molecule has 0 aliphatic rings. The Hall–Kier alpha value is -2.44. The molecule has 0 spiro atoms. The summed E-state index contributed by atoms with van der Waals surface area (Å²) in [5, 5.41) is 18.1. The Labute approximate surface area is 110 Å². The van der Waals surface area contributed by atoms with Crippen LogP contribution in [0.4, 0.5) is 11.5 Å². The molecule has 0 aliphatic heterocycles. The van der Waals surface area contributed by atoms with Crippen molar-refractivity contribution in [1.82, 2.24) is 14.8 Å². The van der Waals surface area contributed by atoms with Gasteiger partial charge in [-0.2, -0.15) is 5.10 Å². The zero-order valence-electron chi connectivity index (χ0n) is 10.8. The molecular weight excluding hydrogens is 246 g/mol. The molecule has 0 radical (unpaired) electrons. The van der Waals surface area contributed by atoms with Gasteiger partial charge >= 0.3 is 0 Å². The van der Waals surface area contributed by atoms with E-state index < -0.39 is 4.92 Å². The van der Waals surface area contributed by atoms with Crippen molar-refractivity contribution in [2.45, 2.75) is 19.9 Å². The Balaban J connectivity index is 2.09. The second kappa shape index (κ2) is 5.47. The van der Waals surface area contributed by atoms with Crippen LogP contribution in [0.2, 0.25) is 0 Å². The maximum absolute atomic E-state index is 10.7. The van der Waals surface area contributed by atoms with Crippen LogP contribution < -0.4 is 5.32 Å². The van der Waals surface area contributed by atoms with E-state index in [1.807, 2.05) is 20.2 Å². The van der Waals surface area contributed by atoms with Gasteiger partial charge in [0, 0.05) is 37.6 Å². The third-order valence-electron chi connectivity index (χ3n) is 2.74. The molecule has 0 unspecified atom stereocenters. The summed E-state index contributed by atoms with van der Waals surface area (Å²) in [5.41, 5.74) is 2.11. The first kappa shape index (κ1) is 13.0. The quantitative estimate of drug-likeness (QED) is 0.656. The highest BCUT2D eigenvalue weighted by atomic mass is 16.6. The maximum atomic E-state index is 10.7. The molecule has 0 aromatic carbocycles. The SMILES string of the molecule is CCc1nn(C)cc1CNc1cc([N+](=O)[O-])ccn1. The van der Waals surface area contributed by atoms with Gasteiger partial charge in [0.25, 0.3) is 5.69 Å². The van der Waals surface area contributed by atoms with E-state index >= 15 is 0 Å². The predicted molar refractivity (Wildman–Crippen MR) is 70.8 cm³/mol. The highest BCUT2D eigenvalue weighted by Gasteiger charge is 2.08. The minimum Gasteiger partial charge on any atom is -0.366 e. The Bertz CT molecular complexity index is 594. The van der Waals surface area contributed by atoms with Gasteiger partial charge in [0.2, 0.25) is 0 Å². The first-order valence-corrected chi connectivity index (χ1v) is 5.96. The summed E-state index contributed by atoms with van der Waals surface area (Å²) < 4.78 is 1.76. The molecule has 7 nitrogen and oxygen atoms in total. The number of aryl methyl sites for hydroxylation is 2. The standard InChI is InChI=1S/C12H15N5O2/c1-3-11-9(8-16(2)15-11)7-14-12-6-10(17(18)19)4-5-13-12/h4-6,8H,3,7H2,1-2H3,(H,13,14). The Kier molecular flexibility index (Phi) is 3.74. The van der Waals surface area contributed by atoms with Crippen molar-refractivity contribution in [3.8, 4) is 0 Å². The van der Waals surface area contributed by atoms with Crippen molar-refractivity contribution in [3.05, 3.63) is 45.9 Å². The molecule has 2 aromatic heterocycles. The number of nitrogens with one attached hydrogen (secondary N) is 1. The van der Waals surface area contributed by atoms with Gasteiger partial charge in [-0.3, -0.25) is 14.8 Å². The molecule has 2 heterocycles. The number of hydrogen-bond acceptors (Lipinski definition) is 5. The van der Waals surface area contributed by atoms with Crippen molar-refractivity contribution >= 4 is 11.5 Å². The lowest BCUT2D eigenvalue weighted by atomic mass is 10.2. The predicted octanol–water partition coefficient (Wildman–Crippen LogP) is 1.90. The maximum Gasteiger partial charge on any atom is 0.274 e. The lowest BCUT2D eigenvalue weighted by molar-refractivity contribution is -0.384. The fraction of sp³-hybridized carbons (Fsp3) is 0.333. The number of pyridine rings is 1. The largest absolute Gasteiger partial charge is 0.366 e. The van der Waals surface area contributed by atoms with Crippen LogP contribution in [0.15, 0.2) is 24.5 Å². The lowest BCUT2D eigenvalue weighted by Gasteiger charge is -2.04. The number of nitro groups is 1. The van der Waals surface area contributed by atoms with Gasteiger partial charge in [-0.05, 0) is 6.42 Å². The van der Waals surface area contributed by atoms with Gasteiger partial charge < -0.3 is 5.32 Å². The van der Waals surface area contributed by atoms with Gasteiger partial charge in [0.15, 0.2) is 0 Å². The molecular formula is C12H15N5O2. The molecule has 2 aromatic rings. The van der Waals surface area contributed by atoms with E-state index in [1.165, 1.54) is 18.3 Å². The Morgan fingerprint density at radius 3 is 3.00 bits per heavy atom. The molecule has 0 saturated heterocycles. The number of aromatic nitrogens is 3. The summed E-state index contributed by atoms with van der Waals surface area (Å²) in [5.74, 6) is 0.486. The molecule has 0 fully saturated rings. The Morgan fingerprint density at radius 1 is 1.53 bits per heavy atom. The van der Waals surface area contributed by atoms with Crippen LogP contribution in [0, 0.1) is 10.1 Å². The van der Waals surface area contributed by atoms with E-state index in [0.29, 0.717) is 12.4 Å². The first-order valence-electron chi connectivity index (χ1n) is 5.96. The van der Waals surface area contributed by atoms with E-state index in [4.69, 9.17) is 0 Å². The van der Waals surface area contributed by atoms with E-state index in [-0.39, 0.29) is 5.69 Å². The van der Waals surface area contributed by atoms with Gasteiger partial charge in [-0.25, -0.2) is 4.98 Å².